The third-order valence-corrected chi connectivity index (χ3v) is 5.48. The third-order valence-electron chi connectivity index (χ3n) is 2.45. The number of rotatable bonds is 6. The highest BCUT2D eigenvalue weighted by Crippen LogP contribution is 2.19. The van der Waals surface area contributed by atoms with Gasteiger partial charge in [0.15, 0.2) is 0 Å². The minimum absolute atomic E-state index is 0.00787. The Bertz CT molecular complexity index is 653. The number of hydrogen-bond donors (Lipinski definition) is 3. The van der Waals surface area contributed by atoms with E-state index in [2.05, 4.69) is 9.44 Å². The van der Waals surface area contributed by atoms with Crippen molar-refractivity contribution in [2.45, 2.75) is 16.7 Å². The molecular weight excluding hydrogens is 290 g/mol. The molecule has 4 N–H and O–H groups in total. The fourth-order valence-electron chi connectivity index (χ4n) is 1.48. The highest BCUT2D eigenvalue weighted by atomic mass is 32.2. The van der Waals surface area contributed by atoms with Gasteiger partial charge in [0.1, 0.15) is 0 Å². The standard InChI is InChI=1S/C10H17N3O4S2/c1-8-7-9(18(14,15)13-6-5-11)3-4-10(8)19(16,17)12-2/h3-4,7,12-13H,5-6,11H2,1-2H3. The Hall–Kier alpha value is -1.00. The molecule has 0 radical (unpaired) electrons. The average Bonchev–Trinajstić information content (AvgIpc) is 2.36. The molecule has 0 amide bonds. The summed E-state index contributed by atoms with van der Waals surface area (Å²) in [6.45, 7) is 1.84. The molecule has 0 aliphatic rings. The molecular formula is C10H17N3O4S2. The molecule has 1 aromatic carbocycles. The van der Waals surface area contributed by atoms with Crippen molar-refractivity contribution >= 4 is 20.0 Å². The summed E-state index contributed by atoms with van der Waals surface area (Å²) in [5.74, 6) is 0. The number of aryl methyl sites for hydroxylation is 1. The normalized spacial score (nSPS) is 12.6. The third kappa shape index (κ3) is 3.74. The summed E-state index contributed by atoms with van der Waals surface area (Å²) in [7, 11) is -5.96. The summed E-state index contributed by atoms with van der Waals surface area (Å²) in [4.78, 5) is 0.0567. The van der Waals surface area contributed by atoms with E-state index in [9.17, 15) is 16.8 Å². The van der Waals surface area contributed by atoms with Crippen molar-refractivity contribution < 1.29 is 16.8 Å². The molecule has 0 bridgehead atoms. The van der Waals surface area contributed by atoms with Gasteiger partial charge in [0, 0.05) is 13.1 Å². The van der Waals surface area contributed by atoms with E-state index < -0.39 is 20.0 Å². The fraction of sp³-hybridized carbons (Fsp3) is 0.400. The lowest BCUT2D eigenvalue weighted by Gasteiger charge is -2.10. The van der Waals surface area contributed by atoms with Crippen LogP contribution in [0.5, 0.6) is 0 Å². The molecule has 0 heterocycles. The number of nitrogens with two attached hydrogens (primary N) is 1. The Balaban J connectivity index is 3.21. The van der Waals surface area contributed by atoms with Gasteiger partial charge in [-0.1, -0.05) is 0 Å². The van der Waals surface area contributed by atoms with Crippen molar-refractivity contribution in [2.24, 2.45) is 5.73 Å². The number of hydrogen-bond acceptors (Lipinski definition) is 5. The predicted molar refractivity (Wildman–Crippen MR) is 71.7 cm³/mol. The van der Waals surface area contributed by atoms with E-state index in [1.54, 1.807) is 0 Å². The van der Waals surface area contributed by atoms with Crippen molar-refractivity contribution in [3.8, 4) is 0 Å². The van der Waals surface area contributed by atoms with Crippen LogP contribution >= 0.6 is 0 Å². The Morgan fingerprint density at radius 3 is 2.26 bits per heavy atom. The van der Waals surface area contributed by atoms with Gasteiger partial charge in [-0.25, -0.2) is 26.3 Å². The Morgan fingerprint density at radius 2 is 1.79 bits per heavy atom. The summed E-state index contributed by atoms with van der Waals surface area (Å²) in [5.41, 5.74) is 5.58. The Morgan fingerprint density at radius 1 is 1.16 bits per heavy atom. The van der Waals surface area contributed by atoms with Crippen molar-refractivity contribution in [1.82, 2.24) is 9.44 Å². The van der Waals surface area contributed by atoms with Crippen LogP contribution in [0.25, 0.3) is 0 Å². The van der Waals surface area contributed by atoms with Crippen LogP contribution in [0.15, 0.2) is 28.0 Å². The van der Waals surface area contributed by atoms with Crippen LogP contribution in [0.4, 0.5) is 0 Å². The van der Waals surface area contributed by atoms with Gasteiger partial charge in [0.25, 0.3) is 0 Å². The molecule has 7 nitrogen and oxygen atoms in total. The number of benzene rings is 1. The Kier molecular flexibility index (Phi) is 5.04. The molecule has 1 aromatic rings. The zero-order chi connectivity index (χ0) is 14.7. The van der Waals surface area contributed by atoms with Gasteiger partial charge in [-0.2, -0.15) is 0 Å². The largest absolute Gasteiger partial charge is 0.329 e. The molecule has 0 spiro atoms. The topological polar surface area (TPSA) is 118 Å². The van der Waals surface area contributed by atoms with Gasteiger partial charge in [-0.15, -0.1) is 0 Å². The van der Waals surface area contributed by atoms with Crippen LogP contribution in [0.3, 0.4) is 0 Å². The zero-order valence-corrected chi connectivity index (χ0v) is 12.3. The SMILES string of the molecule is CNS(=O)(=O)c1ccc(S(=O)(=O)NCCN)cc1C. The molecule has 0 fully saturated rings. The van der Waals surface area contributed by atoms with E-state index in [1.165, 1.54) is 32.2 Å². The van der Waals surface area contributed by atoms with Crippen molar-refractivity contribution in [1.29, 1.82) is 0 Å². The molecule has 0 aromatic heterocycles. The van der Waals surface area contributed by atoms with Crippen LogP contribution in [0.2, 0.25) is 0 Å². The van der Waals surface area contributed by atoms with Gasteiger partial charge < -0.3 is 5.73 Å². The number of nitrogens with one attached hydrogen (secondary N) is 2. The Labute approximate surface area is 113 Å². The summed E-state index contributed by atoms with van der Waals surface area (Å²) < 4.78 is 51.5. The summed E-state index contributed by atoms with van der Waals surface area (Å²) in [5, 5.41) is 0. The van der Waals surface area contributed by atoms with E-state index in [0.29, 0.717) is 5.56 Å². The molecule has 108 valence electrons. The summed E-state index contributed by atoms with van der Waals surface area (Å²) in [6.07, 6.45) is 0. The van der Waals surface area contributed by atoms with E-state index in [-0.39, 0.29) is 22.9 Å². The minimum atomic E-state index is -3.66. The molecule has 9 heteroatoms. The molecule has 0 unspecified atom stereocenters. The lowest BCUT2D eigenvalue weighted by molar-refractivity contribution is 0.580. The molecule has 19 heavy (non-hydrogen) atoms. The quantitative estimate of drug-likeness (QED) is 0.632. The maximum Gasteiger partial charge on any atom is 0.240 e. The molecule has 0 saturated carbocycles. The van der Waals surface area contributed by atoms with Crippen molar-refractivity contribution in [3.63, 3.8) is 0 Å². The van der Waals surface area contributed by atoms with Crippen LogP contribution in [0.1, 0.15) is 5.56 Å². The van der Waals surface area contributed by atoms with E-state index >= 15 is 0 Å². The molecule has 0 atom stereocenters. The van der Waals surface area contributed by atoms with Gasteiger partial charge >= 0.3 is 0 Å². The first-order valence-corrected chi connectivity index (χ1v) is 8.45. The van der Waals surface area contributed by atoms with Crippen LogP contribution < -0.4 is 15.2 Å². The van der Waals surface area contributed by atoms with Crippen molar-refractivity contribution in [3.05, 3.63) is 23.8 Å². The summed E-state index contributed by atoms with van der Waals surface area (Å²) >= 11 is 0. The van der Waals surface area contributed by atoms with Crippen LogP contribution in [0, 0.1) is 6.92 Å². The highest BCUT2D eigenvalue weighted by Gasteiger charge is 2.19. The maximum absolute atomic E-state index is 11.8. The molecule has 0 aliphatic heterocycles. The first-order valence-electron chi connectivity index (χ1n) is 5.48. The molecule has 0 aliphatic carbocycles. The lowest BCUT2D eigenvalue weighted by Crippen LogP contribution is -2.29. The average molecular weight is 307 g/mol. The van der Waals surface area contributed by atoms with Crippen LogP contribution in [-0.2, 0) is 20.0 Å². The van der Waals surface area contributed by atoms with Gasteiger partial charge in [0.2, 0.25) is 20.0 Å². The maximum atomic E-state index is 11.8. The smallest absolute Gasteiger partial charge is 0.240 e. The second kappa shape index (κ2) is 5.97. The zero-order valence-electron chi connectivity index (χ0n) is 10.7. The summed E-state index contributed by atoms with van der Waals surface area (Å²) in [6, 6.07) is 3.82. The second-order valence-corrected chi connectivity index (χ2v) is 7.44. The van der Waals surface area contributed by atoms with Crippen molar-refractivity contribution in [2.75, 3.05) is 20.1 Å². The molecule has 0 saturated heterocycles. The highest BCUT2D eigenvalue weighted by molar-refractivity contribution is 7.90. The van der Waals surface area contributed by atoms with E-state index in [0.717, 1.165) is 0 Å². The van der Waals surface area contributed by atoms with Gasteiger partial charge in [-0.05, 0) is 37.7 Å². The second-order valence-electron chi connectivity index (χ2n) is 3.82. The fourth-order valence-corrected chi connectivity index (χ4v) is 3.56. The van der Waals surface area contributed by atoms with Crippen LogP contribution in [-0.4, -0.2) is 37.0 Å². The van der Waals surface area contributed by atoms with E-state index in [1.807, 2.05) is 0 Å². The minimum Gasteiger partial charge on any atom is -0.329 e. The molecule has 1 rings (SSSR count). The lowest BCUT2D eigenvalue weighted by atomic mass is 10.2. The monoisotopic (exact) mass is 307 g/mol. The first kappa shape index (κ1) is 16.1. The van der Waals surface area contributed by atoms with Gasteiger partial charge in [0.05, 0.1) is 9.79 Å². The van der Waals surface area contributed by atoms with E-state index in [4.69, 9.17) is 5.73 Å². The number of sulfonamides is 2. The van der Waals surface area contributed by atoms with Gasteiger partial charge in [-0.3, -0.25) is 0 Å². The first-order chi connectivity index (χ1) is 8.74. The predicted octanol–water partition coefficient (Wildman–Crippen LogP) is -0.860.